The number of hydrogen-bond donors (Lipinski definition) is 0. The van der Waals surface area contributed by atoms with E-state index in [1.54, 1.807) is 0 Å². The van der Waals surface area contributed by atoms with E-state index in [0.29, 0.717) is 0 Å². The van der Waals surface area contributed by atoms with Gasteiger partial charge in [-0.25, -0.2) is 0 Å². The van der Waals surface area contributed by atoms with Gasteiger partial charge in [0.2, 0.25) is 0 Å². The topological polar surface area (TPSA) is 0 Å². The number of rotatable bonds is 4. The standard InChI is InChI=1S/C18H20Si/c1-13(2)15-5-9-17(10-6-15)19-18-11-7-16(8-12-18)14(3)4/h5-12H,1,3,19H2,2,4H3. The molecular formula is C18H20Si. The molecule has 0 saturated heterocycles. The molecule has 0 aliphatic heterocycles. The van der Waals surface area contributed by atoms with Crippen molar-refractivity contribution in [1.29, 1.82) is 0 Å². The summed E-state index contributed by atoms with van der Waals surface area (Å²) in [5, 5.41) is 2.93. The first-order valence-corrected chi connectivity index (χ1v) is 7.97. The maximum atomic E-state index is 3.97. The van der Waals surface area contributed by atoms with Crippen molar-refractivity contribution in [3.63, 3.8) is 0 Å². The number of hydrogen-bond acceptors (Lipinski definition) is 0. The van der Waals surface area contributed by atoms with Crippen molar-refractivity contribution >= 4 is 31.0 Å². The average Bonchev–Trinajstić information content (AvgIpc) is 2.40. The van der Waals surface area contributed by atoms with Crippen molar-refractivity contribution in [1.82, 2.24) is 0 Å². The number of benzene rings is 2. The van der Waals surface area contributed by atoms with E-state index in [9.17, 15) is 0 Å². The van der Waals surface area contributed by atoms with Crippen molar-refractivity contribution in [2.45, 2.75) is 13.8 Å². The summed E-state index contributed by atoms with van der Waals surface area (Å²) >= 11 is 0. The zero-order chi connectivity index (χ0) is 13.8. The van der Waals surface area contributed by atoms with Gasteiger partial charge in [-0.2, -0.15) is 0 Å². The lowest BCUT2D eigenvalue weighted by Crippen LogP contribution is -2.26. The van der Waals surface area contributed by atoms with E-state index >= 15 is 0 Å². The number of allylic oxidation sites excluding steroid dienone is 2. The van der Waals surface area contributed by atoms with Crippen LogP contribution in [0.2, 0.25) is 0 Å². The van der Waals surface area contributed by atoms with Crippen molar-refractivity contribution in [3.05, 3.63) is 72.8 Å². The van der Waals surface area contributed by atoms with Crippen LogP contribution in [0.3, 0.4) is 0 Å². The molecule has 2 rings (SSSR count). The SMILES string of the molecule is C=C(C)c1ccc([SiH2]c2ccc(C(=C)C)cc2)cc1. The maximum absolute atomic E-state index is 3.97. The van der Waals surface area contributed by atoms with Gasteiger partial charge in [0.25, 0.3) is 0 Å². The summed E-state index contributed by atoms with van der Waals surface area (Å²) in [6, 6.07) is 17.7. The Labute approximate surface area is 118 Å². The molecule has 0 bridgehead atoms. The summed E-state index contributed by atoms with van der Waals surface area (Å²) < 4.78 is 0. The highest BCUT2D eigenvalue weighted by Crippen LogP contribution is 2.09. The Morgan fingerprint density at radius 1 is 0.684 bits per heavy atom. The molecule has 0 aliphatic rings. The van der Waals surface area contributed by atoms with Gasteiger partial charge >= 0.3 is 0 Å². The third kappa shape index (κ3) is 3.55. The third-order valence-corrected chi connectivity index (χ3v) is 5.06. The molecule has 0 fully saturated rings. The molecule has 0 radical (unpaired) electrons. The van der Waals surface area contributed by atoms with E-state index in [1.165, 1.54) is 21.5 Å². The molecule has 2 aromatic carbocycles. The largest absolute Gasteiger partial charge is 0.0955 e. The van der Waals surface area contributed by atoms with Gasteiger partial charge in [-0.05, 0) is 25.0 Å². The second-order valence-electron chi connectivity index (χ2n) is 5.13. The van der Waals surface area contributed by atoms with Gasteiger partial charge in [-0.1, -0.05) is 83.2 Å². The van der Waals surface area contributed by atoms with E-state index in [2.05, 4.69) is 61.7 Å². The highest BCUT2D eigenvalue weighted by molar-refractivity contribution is 6.67. The third-order valence-electron chi connectivity index (χ3n) is 3.30. The van der Waals surface area contributed by atoms with Gasteiger partial charge in [0.05, 0.1) is 9.52 Å². The van der Waals surface area contributed by atoms with Crippen LogP contribution < -0.4 is 10.4 Å². The Balaban J connectivity index is 2.12. The van der Waals surface area contributed by atoms with E-state index in [0.717, 1.165) is 11.1 Å². The molecule has 0 N–H and O–H groups in total. The van der Waals surface area contributed by atoms with Crippen LogP contribution in [0.5, 0.6) is 0 Å². The maximum Gasteiger partial charge on any atom is 0.0875 e. The molecule has 2 aromatic rings. The van der Waals surface area contributed by atoms with Gasteiger partial charge < -0.3 is 0 Å². The van der Waals surface area contributed by atoms with Crippen LogP contribution in [0.1, 0.15) is 25.0 Å². The van der Waals surface area contributed by atoms with E-state index in [-0.39, 0.29) is 9.52 Å². The quantitative estimate of drug-likeness (QED) is 0.745. The molecule has 0 nitrogen and oxygen atoms in total. The zero-order valence-electron chi connectivity index (χ0n) is 11.7. The highest BCUT2D eigenvalue weighted by atomic mass is 28.2. The molecule has 0 saturated carbocycles. The molecule has 19 heavy (non-hydrogen) atoms. The molecule has 0 amide bonds. The smallest absolute Gasteiger partial charge is 0.0875 e. The summed E-state index contributed by atoms with van der Waals surface area (Å²) in [5.41, 5.74) is 4.71. The van der Waals surface area contributed by atoms with Crippen LogP contribution in [0.25, 0.3) is 11.1 Å². The predicted octanol–water partition coefficient (Wildman–Crippen LogP) is 2.87. The zero-order valence-corrected chi connectivity index (χ0v) is 13.2. The average molecular weight is 264 g/mol. The molecule has 0 aromatic heterocycles. The van der Waals surface area contributed by atoms with Gasteiger partial charge in [0.15, 0.2) is 0 Å². The van der Waals surface area contributed by atoms with Gasteiger partial charge in [-0.15, -0.1) is 0 Å². The van der Waals surface area contributed by atoms with Crippen LogP contribution in [-0.2, 0) is 0 Å². The lowest BCUT2D eigenvalue weighted by molar-refractivity contribution is 1.60. The lowest BCUT2D eigenvalue weighted by Gasteiger charge is -2.05. The first-order valence-electron chi connectivity index (χ1n) is 6.56. The minimum Gasteiger partial charge on any atom is -0.0955 e. The molecule has 96 valence electrons. The van der Waals surface area contributed by atoms with Crippen molar-refractivity contribution in [2.75, 3.05) is 0 Å². The normalized spacial score (nSPS) is 10.2. The highest BCUT2D eigenvalue weighted by Gasteiger charge is 2.00. The minimum absolute atomic E-state index is 0.375. The summed E-state index contributed by atoms with van der Waals surface area (Å²) in [5.74, 6) is 0. The molecular weight excluding hydrogens is 244 g/mol. The fourth-order valence-corrected chi connectivity index (χ4v) is 3.46. The van der Waals surface area contributed by atoms with E-state index in [4.69, 9.17) is 0 Å². The summed E-state index contributed by atoms with van der Waals surface area (Å²) in [6.45, 7) is 12.0. The van der Waals surface area contributed by atoms with Crippen LogP contribution in [0.4, 0.5) is 0 Å². The molecule has 0 spiro atoms. The Morgan fingerprint density at radius 3 is 1.26 bits per heavy atom. The molecule has 0 atom stereocenters. The molecule has 0 unspecified atom stereocenters. The monoisotopic (exact) mass is 264 g/mol. The van der Waals surface area contributed by atoms with Crippen LogP contribution in [0, 0.1) is 0 Å². The van der Waals surface area contributed by atoms with E-state index < -0.39 is 0 Å². The van der Waals surface area contributed by atoms with Crippen molar-refractivity contribution in [2.24, 2.45) is 0 Å². The summed E-state index contributed by atoms with van der Waals surface area (Å²) in [4.78, 5) is 0. The molecule has 1 heteroatoms. The molecule has 0 heterocycles. The lowest BCUT2D eigenvalue weighted by atomic mass is 10.1. The first kappa shape index (κ1) is 13.6. The van der Waals surface area contributed by atoms with Crippen LogP contribution in [-0.4, -0.2) is 9.52 Å². The fraction of sp³-hybridized carbons (Fsp3) is 0.111. The van der Waals surface area contributed by atoms with Crippen molar-refractivity contribution < 1.29 is 0 Å². The van der Waals surface area contributed by atoms with Gasteiger partial charge in [-0.3, -0.25) is 0 Å². The summed E-state index contributed by atoms with van der Waals surface area (Å²) in [7, 11) is -0.375. The Kier molecular flexibility index (Phi) is 4.18. The fourth-order valence-electron chi connectivity index (χ4n) is 2.05. The second kappa shape index (κ2) is 5.85. The van der Waals surface area contributed by atoms with Gasteiger partial charge in [0.1, 0.15) is 0 Å². The van der Waals surface area contributed by atoms with Gasteiger partial charge in [0, 0.05) is 0 Å². The first-order chi connectivity index (χ1) is 9.06. The van der Waals surface area contributed by atoms with E-state index in [1.807, 2.05) is 13.8 Å². The minimum atomic E-state index is -0.375. The molecule has 0 aliphatic carbocycles. The summed E-state index contributed by atoms with van der Waals surface area (Å²) in [6.07, 6.45) is 0. The van der Waals surface area contributed by atoms with Crippen molar-refractivity contribution in [3.8, 4) is 0 Å². The van der Waals surface area contributed by atoms with Crippen LogP contribution >= 0.6 is 0 Å². The van der Waals surface area contributed by atoms with Crippen LogP contribution in [0.15, 0.2) is 61.7 Å². The Bertz CT molecular complexity index is 533. The second-order valence-corrected chi connectivity index (χ2v) is 7.12. The Morgan fingerprint density at radius 2 is 1.00 bits per heavy atom. The Hall–Kier alpha value is -1.86. The predicted molar refractivity (Wildman–Crippen MR) is 90.1 cm³/mol.